The molecular formula is C21H23ClF2N2. The van der Waals surface area contributed by atoms with E-state index in [1.807, 2.05) is 0 Å². The molecule has 0 amide bonds. The lowest BCUT2D eigenvalue weighted by molar-refractivity contribution is 0.181. The Hall–Kier alpha value is -1.96. The second-order valence-electron chi connectivity index (χ2n) is 6.83. The van der Waals surface area contributed by atoms with Gasteiger partial charge in [-0.2, -0.15) is 5.26 Å². The molecule has 2 aromatic carbocycles. The minimum absolute atomic E-state index is 0. The summed E-state index contributed by atoms with van der Waals surface area (Å²) in [6, 6.07) is 15.6. The van der Waals surface area contributed by atoms with Gasteiger partial charge in [0.25, 0.3) is 0 Å². The Balaban J connectivity index is 0.00000243. The number of piperidine rings is 1. The average molecular weight is 377 g/mol. The normalized spacial score (nSPS) is 15.1. The Morgan fingerprint density at radius 3 is 1.81 bits per heavy atom. The van der Waals surface area contributed by atoms with Gasteiger partial charge in [-0.25, -0.2) is 8.78 Å². The Bertz CT molecular complexity index is 719. The molecule has 3 rings (SSSR count). The van der Waals surface area contributed by atoms with Crippen LogP contribution in [0.3, 0.4) is 0 Å². The largest absolute Gasteiger partial charge is 0.317 e. The van der Waals surface area contributed by atoms with Crippen molar-refractivity contribution in [3.05, 3.63) is 71.3 Å². The summed E-state index contributed by atoms with van der Waals surface area (Å²) < 4.78 is 28.5. The number of rotatable bonds is 5. The molecule has 26 heavy (non-hydrogen) atoms. The summed E-state index contributed by atoms with van der Waals surface area (Å²) >= 11 is 0. The molecule has 1 N–H and O–H groups in total. The second-order valence-corrected chi connectivity index (χ2v) is 6.83. The molecule has 1 saturated heterocycles. The predicted octanol–water partition coefficient (Wildman–Crippen LogP) is 4.68. The van der Waals surface area contributed by atoms with Crippen LogP contribution in [-0.4, -0.2) is 13.1 Å². The van der Waals surface area contributed by atoms with E-state index in [0.29, 0.717) is 24.0 Å². The van der Waals surface area contributed by atoms with Gasteiger partial charge in [0, 0.05) is 0 Å². The number of nitrogens with zero attached hydrogens (tertiary/aromatic N) is 1. The van der Waals surface area contributed by atoms with E-state index in [1.165, 1.54) is 12.1 Å². The number of nitriles is 1. The number of hydrogen-bond acceptors (Lipinski definition) is 2. The van der Waals surface area contributed by atoms with Crippen molar-refractivity contribution in [2.24, 2.45) is 11.3 Å². The molecule has 0 aliphatic carbocycles. The van der Waals surface area contributed by atoms with E-state index in [4.69, 9.17) is 0 Å². The zero-order chi connectivity index (χ0) is 17.7. The number of halogens is 3. The van der Waals surface area contributed by atoms with Crippen molar-refractivity contribution >= 4 is 12.4 Å². The molecular weight excluding hydrogens is 354 g/mol. The molecule has 1 fully saturated rings. The van der Waals surface area contributed by atoms with Crippen molar-refractivity contribution in [3.8, 4) is 6.07 Å². The van der Waals surface area contributed by atoms with Crippen molar-refractivity contribution in [1.82, 2.24) is 5.32 Å². The van der Waals surface area contributed by atoms with Crippen molar-refractivity contribution in [2.45, 2.75) is 25.7 Å². The van der Waals surface area contributed by atoms with Crippen molar-refractivity contribution in [1.29, 1.82) is 5.26 Å². The molecule has 0 bridgehead atoms. The fourth-order valence-electron chi connectivity index (χ4n) is 3.86. The van der Waals surface area contributed by atoms with Gasteiger partial charge < -0.3 is 5.32 Å². The van der Waals surface area contributed by atoms with Crippen LogP contribution in [0, 0.1) is 34.3 Å². The van der Waals surface area contributed by atoms with Crippen molar-refractivity contribution in [3.63, 3.8) is 0 Å². The summed E-state index contributed by atoms with van der Waals surface area (Å²) in [4.78, 5) is 0. The molecule has 2 aromatic rings. The standard InChI is InChI=1S/C21H22F2N2.ClH/c22-19-7-3-1-5-16(19)13-21(15-24,18-9-11-25-12-10-18)14-17-6-2-4-8-20(17)23;/h1-8,18,25H,9-14H2;1H. The Labute approximate surface area is 159 Å². The van der Waals surface area contributed by atoms with Gasteiger partial charge in [-0.3, -0.25) is 0 Å². The molecule has 0 unspecified atom stereocenters. The first kappa shape index (κ1) is 20.4. The van der Waals surface area contributed by atoms with Gasteiger partial charge in [0.2, 0.25) is 0 Å². The monoisotopic (exact) mass is 376 g/mol. The van der Waals surface area contributed by atoms with Gasteiger partial charge in [-0.1, -0.05) is 36.4 Å². The molecule has 0 spiro atoms. The molecule has 1 aliphatic heterocycles. The quantitative estimate of drug-likeness (QED) is 0.822. The maximum Gasteiger partial charge on any atom is 0.126 e. The smallest absolute Gasteiger partial charge is 0.126 e. The molecule has 1 heterocycles. The van der Waals surface area contributed by atoms with E-state index >= 15 is 0 Å². The highest BCUT2D eigenvalue weighted by atomic mass is 35.5. The highest BCUT2D eigenvalue weighted by Crippen LogP contribution is 2.40. The molecule has 1 aliphatic rings. The topological polar surface area (TPSA) is 35.8 Å². The average Bonchev–Trinajstić information content (AvgIpc) is 2.65. The number of benzene rings is 2. The fourth-order valence-corrected chi connectivity index (χ4v) is 3.86. The predicted molar refractivity (Wildman–Crippen MR) is 101 cm³/mol. The molecule has 0 aromatic heterocycles. The van der Waals surface area contributed by atoms with E-state index in [-0.39, 0.29) is 30.0 Å². The third kappa shape index (κ3) is 4.41. The summed E-state index contributed by atoms with van der Waals surface area (Å²) in [6.45, 7) is 1.67. The van der Waals surface area contributed by atoms with Crippen LogP contribution in [0.2, 0.25) is 0 Å². The highest BCUT2D eigenvalue weighted by molar-refractivity contribution is 5.85. The van der Waals surface area contributed by atoms with Gasteiger partial charge >= 0.3 is 0 Å². The van der Waals surface area contributed by atoms with E-state index in [1.54, 1.807) is 36.4 Å². The third-order valence-corrected chi connectivity index (χ3v) is 5.27. The first-order valence-corrected chi connectivity index (χ1v) is 8.73. The minimum atomic E-state index is -0.813. The van der Waals surface area contributed by atoms with Gasteiger partial charge in [0.1, 0.15) is 11.6 Å². The summed E-state index contributed by atoms with van der Waals surface area (Å²) in [6.07, 6.45) is 2.29. The Morgan fingerprint density at radius 1 is 0.923 bits per heavy atom. The van der Waals surface area contributed by atoms with Crippen molar-refractivity contribution < 1.29 is 8.78 Å². The van der Waals surface area contributed by atoms with Crippen LogP contribution in [-0.2, 0) is 12.8 Å². The molecule has 0 atom stereocenters. The van der Waals surface area contributed by atoms with Crippen LogP contribution in [0.15, 0.2) is 48.5 Å². The van der Waals surface area contributed by atoms with Crippen LogP contribution in [0.1, 0.15) is 24.0 Å². The number of hydrogen-bond donors (Lipinski definition) is 1. The van der Waals surface area contributed by atoms with Crippen LogP contribution < -0.4 is 5.32 Å². The molecule has 0 radical (unpaired) electrons. The van der Waals surface area contributed by atoms with Crippen LogP contribution in [0.5, 0.6) is 0 Å². The SMILES string of the molecule is Cl.N#CC(Cc1ccccc1F)(Cc1ccccc1F)C1CCNCC1. The van der Waals surface area contributed by atoms with Crippen LogP contribution >= 0.6 is 12.4 Å². The Morgan fingerprint density at radius 2 is 1.38 bits per heavy atom. The van der Waals surface area contributed by atoms with Gasteiger partial charge in [-0.15, -0.1) is 12.4 Å². The zero-order valence-electron chi connectivity index (χ0n) is 14.6. The van der Waals surface area contributed by atoms with E-state index in [0.717, 1.165) is 25.9 Å². The van der Waals surface area contributed by atoms with E-state index in [9.17, 15) is 14.0 Å². The summed E-state index contributed by atoms with van der Waals surface area (Å²) in [5.74, 6) is -0.493. The van der Waals surface area contributed by atoms with E-state index in [2.05, 4.69) is 11.4 Å². The summed E-state index contributed by atoms with van der Waals surface area (Å²) in [5.41, 5.74) is 0.241. The first-order valence-electron chi connectivity index (χ1n) is 8.73. The maximum absolute atomic E-state index is 14.2. The molecule has 138 valence electrons. The molecule has 0 saturated carbocycles. The Kier molecular flexibility index (Phi) is 7.14. The van der Waals surface area contributed by atoms with Gasteiger partial charge in [0.05, 0.1) is 11.5 Å². The summed E-state index contributed by atoms with van der Waals surface area (Å²) in [5, 5.41) is 13.4. The van der Waals surface area contributed by atoms with E-state index < -0.39 is 5.41 Å². The molecule has 2 nitrogen and oxygen atoms in total. The summed E-state index contributed by atoms with van der Waals surface area (Å²) in [7, 11) is 0. The lowest BCUT2D eigenvalue weighted by atomic mass is 9.65. The fraction of sp³-hybridized carbons (Fsp3) is 0.381. The van der Waals surface area contributed by atoms with Crippen LogP contribution in [0.25, 0.3) is 0 Å². The number of nitrogens with one attached hydrogen (secondary N) is 1. The second kappa shape index (κ2) is 9.12. The first-order chi connectivity index (χ1) is 12.1. The molecule has 5 heteroatoms. The maximum atomic E-state index is 14.2. The zero-order valence-corrected chi connectivity index (χ0v) is 15.4. The van der Waals surface area contributed by atoms with Crippen molar-refractivity contribution in [2.75, 3.05) is 13.1 Å². The van der Waals surface area contributed by atoms with Gasteiger partial charge in [-0.05, 0) is 68.0 Å². The minimum Gasteiger partial charge on any atom is -0.317 e. The lowest BCUT2D eigenvalue weighted by Crippen LogP contribution is -2.41. The third-order valence-electron chi connectivity index (χ3n) is 5.27. The highest BCUT2D eigenvalue weighted by Gasteiger charge is 2.41. The van der Waals surface area contributed by atoms with Gasteiger partial charge in [0.15, 0.2) is 0 Å². The van der Waals surface area contributed by atoms with Crippen LogP contribution in [0.4, 0.5) is 8.78 Å². The lowest BCUT2D eigenvalue weighted by Gasteiger charge is -2.38.